The van der Waals surface area contributed by atoms with Gasteiger partial charge in [0.15, 0.2) is 5.69 Å². The van der Waals surface area contributed by atoms with E-state index in [1.54, 1.807) is 0 Å². The van der Waals surface area contributed by atoms with Crippen molar-refractivity contribution in [1.29, 1.82) is 0 Å². The Balaban J connectivity index is 1.92. The van der Waals surface area contributed by atoms with Crippen molar-refractivity contribution in [2.75, 3.05) is 6.54 Å². The molecule has 130 valence electrons. The molecule has 3 rings (SSSR count). The third kappa shape index (κ3) is 3.26. The van der Waals surface area contributed by atoms with Gasteiger partial charge in [-0.2, -0.15) is 31.4 Å². The Bertz CT molecular complexity index is 727. The fraction of sp³-hybridized carbons (Fsp3) is 0.400. The summed E-state index contributed by atoms with van der Waals surface area (Å²) < 4.78 is 78.2. The highest BCUT2D eigenvalue weighted by Gasteiger charge is 2.39. The molecule has 24 heavy (non-hydrogen) atoms. The van der Waals surface area contributed by atoms with Crippen molar-refractivity contribution in [1.82, 2.24) is 15.1 Å². The predicted molar refractivity (Wildman–Crippen MR) is 73.2 cm³/mol. The number of aromatic nitrogens is 2. The van der Waals surface area contributed by atoms with Gasteiger partial charge in [0.05, 0.1) is 17.8 Å². The number of fused-ring (bicyclic) bond motifs is 1. The molecule has 0 saturated carbocycles. The maximum absolute atomic E-state index is 13.1. The first kappa shape index (κ1) is 16.8. The molecule has 1 aliphatic rings. The Morgan fingerprint density at radius 3 is 2.25 bits per heavy atom. The fourth-order valence-corrected chi connectivity index (χ4v) is 2.75. The van der Waals surface area contributed by atoms with Gasteiger partial charge in [0.2, 0.25) is 0 Å². The first-order valence-electron chi connectivity index (χ1n) is 7.19. The lowest BCUT2D eigenvalue weighted by atomic mass is 10.1. The summed E-state index contributed by atoms with van der Waals surface area (Å²) in [5.41, 5.74) is -0.675. The van der Waals surface area contributed by atoms with E-state index in [2.05, 4.69) is 10.4 Å². The van der Waals surface area contributed by atoms with Crippen molar-refractivity contribution in [3.05, 3.63) is 52.3 Å². The maximum Gasteiger partial charge on any atom is 0.435 e. The number of rotatable bonds is 2. The molecule has 0 fully saturated rings. The molecule has 1 N–H and O–H groups in total. The van der Waals surface area contributed by atoms with Gasteiger partial charge in [-0.25, -0.2) is 0 Å². The largest absolute Gasteiger partial charge is 0.435 e. The minimum atomic E-state index is -4.55. The second-order valence-corrected chi connectivity index (χ2v) is 5.55. The van der Waals surface area contributed by atoms with Crippen LogP contribution >= 0.6 is 0 Å². The highest BCUT2D eigenvalue weighted by molar-refractivity contribution is 5.32. The van der Waals surface area contributed by atoms with Crippen molar-refractivity contribution in [2.45, 2.75) is 31.9 Å². The third-order valence-electron chi connectivity index (χ3n) is 3.89. The van der Waals surface area contributed by atoms with Gasteiger partial charge in [-0.1, -0.05) is 12.1 Å². The van der Waals surface area contributed by atoms with Gasteiger partial charge >= 0.3 is 12.4 Å². The number of hydrogen-bond donors (Lipinski definition) is 1. The minimum Gasteiger partial charge on any atom is -0.311 e. The Hall–Kier alpha value is -2.03. The normalized spacial score (nSPS) is 15.4. The lowest BCUT2D eigenvalue weighted by Gasteiger charge is -2.16. The average Bonchev–Trinajstić information content (AvgIpc) is 2.86. The average molecular weight is 349 g/mol. The zero-order chi connectivity index (χ0) is 17.5. The van der Waals surface area contributed by atoms with Gasteiger partial charge < -0.3 is 5.32 Å². The molecule has 9 heteroatoms. The summed E-state index contributed by atoms with van der Waals surface area (Å²) in [5.74, 6) is 0. The SMILES string of the molecule is FC(F)(F)c1ccc(Cn2nc(C(F)(F)F)c3c2CNCC3)cc1. The molecule has 3 nitrogen and oxygen atoms in total. The molecule has 0 saturated heterocycles. The van der Waals surface area contributed by atoms with Crippen molar-refractivity contribution < 1.29 is 26.3 Å². The predicted octanol–water partition coefficient (Wildman–Crippen LogP) is 3.61. The van der Waals surface area contributed by atoms with E-state index in [-0.39, 0.29) is 25.1 Å². The molecule has 0 amide bonds. The molecule has 0 bridgehead atoms. The van der Waals surface area contributed by atoms with E-state index < -0.39 is 23.6 Å². The summed E-state index contributed by atoms with van der Waals surface area (Å²) in [4.78, 5) is 0. The standard InChI is InChI=1S/C15H13F6N3/c16-14(17,18)10-3-1-9(2-4-10)8-24-12-7-22-6-5-11(12)13(23-24)15(19,20)21/h1-4,22H,5-8H2. The van der Waals surface area contributed by atoms with E-state index >= 15 is 0 Å². The van der Waals surface area contributed by atoms with Crippen LogP contribution in [0.15, 0.2) is 24.3 Å². The summed E-state index contributed by atoms with van der Waals surface area (Å²) in [6.07, 6.45) is -8.78. The summed E-state index contributed by atoms with van der Waals surface area (Å²) in [7, 11) is 0. The molecule has 0 atom stereocenters. The first-order chi connectivity index (χ1) is 11.2. The van der Waals surface area contributed by atoms with Gasteiger partial charge in [0, 0.05) is 12.1 Å². The summed E-state index contributed by atoms with van der Waals surface area (Å²) in [6.45, 7) is 0.666. The van der Waals surface area contributed by atoms with Crippen LogP contribution in [-0.4, -0.2) is 16.3 Å². The molecular formula is C15H13F6N3. The van der Waals surface area contributed by atoms with E-state index in [1.165, 1.54) is 16.8 Å². The fourth-order valence-electron chi connectivity index (χ4n) is 2.75. The van der Waals surface area contributed by atoms with Gasteiger partial charge in [0.25, 0.3) is 0 Å². The lowest BCUT2D eigenvalue weighted by Crippen LogP contribution is -2.26. The van der Waals surface area contributed by atoms with Gasteiger partial charge in [0.1, 0.15) is 0 Å². The van der Waals surface area contributed by atoms with E-state index in [9.17, 15) is 26.3 Å². The van der Waals surface area contributed by atoms with Crippen LogP contribution in [0.4, 0.5) is 26.3 Å². The molecule has 2 aromatic rings. The molecule has 1 aromatic heterocycles. The van der Waals surface area contributed by atoms with E-state index in [1.807, 2.05) is 0 Å². The number of nitrogens with zero attached hydrogens (tertiary/aromatic N) is 2. The van der Waals surface area contributed by atoms with E-state index in [0.29, 0.717) is 17.8 Å². The second-order valence-electron chi connectivity index (χ2n) is 5.55. The monoisotopic (exact) mass is 349 g/mol. The Kier molecular flexibility index (Phi) is 4.06. The molecule has 1 aliphatic heterocycles. The zero-order valence-electron chi connectivity index (χ0n) is 12.3. The summed E-state index contributed by atoms with van der Waals surface area (Å²) in [6, 6.07) is 4.32. The van der Waals surface area contributed by atoms with Crippen molar-refractivity contribution >= 4 is 0 Å². The smallest absolute Gasteiger partial charge is 0.311 e. The highest BCUT2D eigenvalue weighted by atomic mass is 19.4. The first-order valence-corrected chi connectivity index (χ1v) is 7.19. The minimum absolute atomic E-state index is 0.0156. The topological polar surface area (TPSA) is 29.9 Å². The molecule has 1 aromatic carbocycles. The van der Waals surface area contributed by atoms with Crippen LogP contribution in [0.1, 0.15) is 28.1 Å². The zero-order valence-corrected chi connectivity index (χ0v) is 12.3. The van der Waals surface area contributed by atoms with Crippen LogP contribution in [0.5, 0.6) is 0 Å². The Morgan fingerprint density at radius 1 is 1.00 bits per heavy atom. The number of alkyl halides is 6. The van der Waals surface area contributed by atoms with Crippen molar-refractivity contribution in [3.63, 3.8) is 0 Å². The van der Waals surface area contributed by atoms with Crippen LogP contribution in [0.3, 0.4) is 0 Å². The Labute approximate surface area is 133 Å². The molecule has 0 radical (unpaired) electrons. The molecular weight excluding hydrogens is 336 g/mol. The van der Waals surface area contributed by atoms with Crippen molar-refractivity contribution in [3.8, 4) is 0 Å². The molecule has 0 spiro atoms. The van der Waals surface area contributed by atoms with Crippen LogP contribution in [0.2, 0.25) is 0 Å². The van der Waals surface area contributed by atoms with E-state index in [0.717, 1.165) is 12.1 Å². The van der Waals surface area contributed by atoms with Crippen LogP contribution < -0.4 is 5.32 Å². The number of hydrogen-bond acceptors (Lipinski definition) is 2. The highest BCUT2D eigenvalue weighted by Crippen LogP contribution is 2.34. The van der Waals surface area contributed by atoms with Crippen molar-refractivity contribution in [2.24, 2.45) is 0 Å². The van der Waals surface area contributed by atoms with Gasteiger partial charge in [-0.05, 0) is 30.7 Å². The van der Waals surface area contributed by atoms with Gasteiger partial charge in [-0.3, -0.25) is 4.68 Å². The second kappa shape index (κ2) is 5.80. The number of nitrogens with one attached hydrogen (secondary N) is 1. The maximum atomic E-state index is 13.1. The molecule has 0 aliphatic carbocycles. The van der Waals surface area contributed by atoms with Crippen LogP contribution in [-0.2, 0) is 31.9 Å². The third-order valence-corrected chi connectivity index (χ3v) is 3.89. The van der Waals surface area contributed by atoms with Gasteiger partial charge in [-0.15, -0.1) is 0 Å². The number of benzene rings is 1. The number of halogens is 6. The molecule has 0 unspecified atom stereocenters. The summed E-state index contributed by atoms with van der Waals surface area (Å²) in [5, 5.41) is 6.64. The quantitative estimate of drug-likeness (QED) is 0.840. The van der Waals surface area contributed by atoms with E-state index in [4.69, 9.17) is 0 Å². The van der Waals surface area contributed by atoms with Crippen LogP contribution in [0.25, 0.3) is 0 Å². The summed E-state index contributed by atoms with van der Waals surface area (Å²) >= 11 is 0. The van der Waals surface area contributed by atoms with Crippen LogP contribution in [0, 0.1) is 0 Å². The Morgan fingerprint density at radius 2 is 1.67 bits per heavy atom. The molecule has 2 heterocycles. The lowest BCUT2D eigenvalue weighted by molar-refractivity contribution is -0.142.